The SMILES string of the molecule is Cc1c(C(F)(F)F)[n+](=O)c2ccccc2n1[O-]. The van der Waals surface area contributed by atoms with E-state index < -0.39 is 17.6 Å². The molecule has 0 unspecified atom stereocenters. The van der Waals surface area contributed by atoms with Gasteiger partial charge in [0.2, 0.25) is 0 Å². The van der Waals surface area contributed by atoms with Gasteiger partial charge in [0.1, 0.15) is 5.52 Å². The maximum atomic E-state index is 12.6. The van der Waals surface area contributed by atoms with E-state index in [1.54, 1.807) is 0 Å². The second-order valence-corrected chi connectivity index (χ2v) is 3.51. The highest BCUT2D eigenvalue weighted by atomic mass is 19.4. The third-order valence-electron chi connectivity index (χ3n) is 2.44. The van der Waals surface area contributed by atoms with Crippen molar-refractivity contribution in [2.75, 3.05) is 0 Å². The van der Waals surface area contributed by atoms with E-state index in [-0.39, 0.29) is 20.2 Å². The van der Waals surface area contributed by atoms with E-state index in [9.17, 15) is 23.3 Å². The van der Waals surface area contributed by atoms with Crippen LogP contribution in [0.1, 0.15) is 11.4 Å². The number of halogens is 3. The molecule has 2 rings (SSSR count). The van der Waals surface area contributed by atoms with E-state index in [4.69, 9.17) is 0 Å². The zero-order valence-electron chi connectivity index (χ0n) is 8.65. The van der Waals surface area contributed by atoms with Crippen LogP contribution in [0.25, 0.3) is 11.0 Å². The quantitative estimate of drug-likeness (QED) is 0.667. The molecule has 1 aromatic carbocycles. The number of rotatable bonds is 0. The average Bonchev–Trinajstić information content (AvgIpc) is 2.24. The summed E-state index contributed by atoms with van der Waals surface area (Å²) in [5, 5.41) is 11.6. The van der Waals surface area contributed by atoms with E-state index in [1.807, 2.05) is 0 Å². The molecular weight excluding hydrogens is 237 g/mol. The molecule has 1 aromatic heterocycles. The summed E-state index contributed by atoms with van der Waals surface area (Å²) in [5.41, 5.74) is -2.54. The molecule has 0 aliphatic carbocycles. The van der Waals surface area contributed by atoms with E-state index in [1.165, 1.54) is 24.3 Å². The number of para-hydroxylation sites is 2. The number of aromatic nitrogens is 2. The van der Waals surface area contributed by atoms with Gasteiger partial charge in [-0.3, -0.25) is 0 Å². The van der Waals surface area contributed by atoms with E-state index >= 15 is 0 Å². The van der Waals surface area contributed by atoms with E-state index in [0.717, 1.165) is 6.92 Å². The zero-order valence-corrected chi connectivity index (χ0v) is 8.65. The lowest BCUT2D eigenvalue weighted by atomic mass is 10.2. The zero-order chi connectivity index (χ0) is 12.8. The molecule has 90 valence electrons. The first kappa shape index (κ1) is 11.4. The Bertz CT molecular complexity index is 646. The fourth-order valence-electron chi connectivity index (χ4n) is 1.67. The van der Waals surface area contributed by atoms with Crippen molar-refractivity contribution in [3.05, 3.63) is 45.8 Å². The normalized spacial score (nSPS) is 12.0. The van der Waals surface area contributed by atoms with Crippen LogP contribution in [0.3, 0.4) is 0 Å². The number of benzene rings is 1. The Morgan fingerprint density at radius 1 is 1.29 bits per heavy atom. The predicted molar refractivity (Wildman–Crippen MR) is 53.8 cm³/mol. The van der Waals surface area contributed by atoms with Crippen LogP contribution in [0, 0.1) is 17.0 Å². The van der Waals surface area contributed by atoms with Crippen LogP contribution < -0.4 is 4.43 Å². The van der Waals surface area contributed by atoms with E-state index in [0.29, 0.717) is 0 Å². The molecule has 0 saturated carbocycles. The molecule has 17 heavy (non-hydrogen) atoms. The van der Waals surface area contributed by atoms with Gasteiger partial charge >= 0.3 is 11.9 Å². The van der Waals surface area contributed by atoms with Crippen molar-refractivity contribution < 1.29 is 17.6 Å². The Balaban J connectivity index is 3.03. The predicted octanol–water partition coefficient (Wildman–Crippen LogP) is 2.23. The van der Waals surface area contributed by atoms with Gasteiger partial charge in [-0.25, -0.2) is 0 Å². The Morgan fingerprint density at radius 3 is 2.47 bits per heavy atom. The monoisotopic (exact) mass is 244 g/mol. The molecular formula is C10H7F3N2O2. The van der Waals surface area contributed by atoms with Crippen LogP contribution in [0.5, 0.6) is 0 Å². The Labute approximate surface area is 93.1 Å². The van der Waals surface area contributed by atoms with Crippen LogP contribution >= 0.6 is 0 Å². The molecule has 0 saturated heterocycles. The molecule has 2 aromatic rings. The van der Waals surface area contributed by atoms with Crippen LogP contribution in [0.15, 0.2) is 24.3 Å². The summed E-state index contributed by atoms with van der Waals surface area (Å²) in [5.74, 6) is 0. The van der Waals surface area contributed by atoms with Gasteiger partial charge in [0.25, 0.3) is 5.52 Å². The van der Waals surface area contributed by atoms with Crippen molar-refractivity contribution in [3.63, 3.8) is 0 Å². The summed E-state index contributed by atoms with van der Waals surface area (Å²) in [4.78, 5) is 11.6. The van der Waals surface area contributed by atoms with Crippen molar-refractivity contribution >= 4 is 11.0 Å². The van der Waals surface area contributed by atoms with Crippen molar-refractivity contribution in [1.29, 1.82) is 0 Å². The van der Waals surface area contributed by atoms with Gasteiger partial charge in [-0.15, -0.1) is 0 Å². The molecule has 1 heterocycles. The van der Waals surface area contributed by atoms with Gasteiger partial charge in [0.15, 0.2) is 0 Å². The summed E-state index contributed by atoms with van der Waals surface area (Å²) in [6.07, 6.45) is -4.86. The van der Waals surface area contributed by atoms with Crippen LogP contribution in [-0.2, 0) is 6.18 Å². The lowest BCUT2D eigenvalue weighted by molar-refractivity contribution is -0.501. The van der Waals surface area contributed by atoms with Gasteiger partial charge in [-0.2, -0.15) is 13.2 Å². The van der Waals surface area contributed by atoms with Crippen molar-refractivity contribution in [2.24, 2.45) is 0 Å². The first-order chi connectivity index (χ1) is 7.84. The average molecular weight is 244 g/mol. The van der Waals surface area contributed by atoms with Crippen LogP contribution in [0.2, 0.25) is 0 Å². The summed E-state index contributed by atoms with van der Waals surface area (Å²) in [6, 6.07) is 5.34. The molecule has 0 amide bonds. The highest BCUT2D eigenvalue weighted by molar-refractivity contribution is 5.72. The second kappa shape index (κ2) is 3.47. The summed E-state index contributed by atoms with van der Waals surface area (Å²) >= 11 is 0. The Hall–Kier alpha value is -2.05. The number of hydrogen-bond acceptors (Lipinski definition) is 2. The molecule has 0 N–H and O–H groups in total. The molecule has 0 radical (unpaired) electrons. The maximum Gasteiger partial charge on any atom is 0.484 e. The maximum absolute atomic E-state index is 12.6. The highest BCUT2D eigenvalue weighted by Gasteiger charge is 2.45. The van der Waals surface area contributed by atoms with Crippen LogP contribution in [-0.4, -0.2) is 4.73 Å². The first-order valence-electron chi connectivity index (χ1n) is 4.65. The van der Waals surface area contributed by atoms with E-state index in [2.05, 4.69) is 0 Å². The third-order valence-corrected chi connectivity index (χ3v) is 2.44. The van der Waals surface area contributed by atoms with Gasteiger partial charge in [0, 0.05) is 11.0 Å². The molecule has 0 aliphatic heterocycles. The number of fused-ring (bicyclic) bond motifs is 1. The largest absolute Gasteiger partial charge is 0.805 e. The molecule has 0 atom stereocenters. The summed E-state index contributed by atoms with van der Waals surface area (Å²) < 4.78 is 37.8. The first-order valence-corrected chi connectivity index (χ1v) is 4.65. The second-order valence-electron chi connectivity index (χ2n) is 3.51. The van der Waals surface area contributed by atoms with Gasteiger partial charge < -0.3 is 9.94 Å². The molecule has 0 bridgehead atoms. The van der Waals surface area contributed by atoms with Gasteiger partial charge in [-0.05, 0) is 13.0 Å². The van der Waals surface area contributed by atoms with Crippen LogP contribution in [0.4, 0.5) is 13.2 Å². The third kappa shape index (κ3) is 1.63. The molecule has 0 aliphatic rings. The minimum atomic E-state index is -4.86. The summed E-state index contributed by atoms with van der Waals surface area (Å²) in [7, 11) is 0. The molecule has 0 spiro atoms. The minimum Gasteiger partial charge on any atom is -0.805 e. The topological polar surface area (TPSA) is 51.0 Å². The molecule has 7 heteroatoms. The lowest BCUT2D eigenvalue weighted by Crippen LogP contribution is -2.32. The fraction of sp³-hybridized carbons (Fsp3) is 0.200. The smallest absolute Gasteiger partial charge is 0.484 e. The number of alkyl halides is 3. The molecule has 4 nitrogen and oxygen atoms in total. The fourth-order valence-corrected chi connectivity index (χ4v) is 1.67. The lowest BCUT2D eigenvalue weighted by Gasteiger charge is -2.16. The Kier molecular flexibility index (Phi) is 2.34. The summed E-state index contributed by atoms with van der Waals surface area (Å²) in [6.45, 7) is 0.969. The number of hydrogen-bond donors (Lipinski definition) is 0. The highest BCUT2D eigenvalue weighted by Crippen LogP contribution is 2.29. The minimum absolute atomic E-state index is 0.0898. The van der Waals surface area contributed by atoms with Crippen molar-refractivity contribution in [2.45, 2.75) is 13.1 Å². The standard InChI is InChI=1S/C10H7F3N2O2/c1-6-9(10(11,12)13)15(17)8-5-3-2-4-7(8)14(6)16/h2-5H,1H3. The van der Waals surface area contributed by atoms with Crippen molar-refractivity contribution in [3.8, 4) is 0 Å². The van der Waals surface area contributed by atoms with Gasteiger partial charge in [0.05, 0.1) is 10.1 Å². The van der Waals surface area contributed by atoms with Crippen molar-refractivity contribution in [1.82, 2.24) is 4.73 Å². The number of nitrogens with zero attached hydrogens (tertiary/aromatic N) is 2. The molecule has 0 fully saturated rings. The Morgan fingerprint density at radius 2 is 1.88 bits per heavy atom. The van der Waals surface area contributed by atoms with Gasteiger partial charge in [-0.1, -0.05) is 12.1 Å².